The van der Waals surface area contributed by atoms with E-state index in [0.29, 0.717) is 11.1 Å². The molecule has 1 unspecified atom stereocenters. The summed E-state index contributed by atoms with van der Waals surface area (Å²) < 4.78 is 84.0. The third-order valence-electron chi connectivity index (χ3n) is 5.09. The number of phenols is 1. The number of phenolic OH excluding ortho intramolecular Hbond substituents is 1. The molecule has 0 aliphatic heterocycles. The second-order valence-electron chi connectivity index (χ2n) is 7.90. The molecule has 0 saturated heterocycles. The van der Waals surface area contributed by atoms with Crippen molar-refractivity contribution in [3.8, 4) is 17.2 Å². The molecule has 4 N–H and O–H groups in total. The molecule has 0 aromatic heterocycles. The van der Waals surface area contributed by atoms with Crippen molar-refractivity contribution in [2.75, 3.05) is 17.5 Å². The molecule has 0 aliphatic rings. The van der Waals surface area contributed by atoms with E-state index in [4.69, 9.17) is 0 Å². The number of halogens is 4. The van der Waals surface area contributed by atoms with Gasteiger partial charge >= 0.3 is 13.2 Å². The van der Waals surface area contributed by atoms with Gasteiger partial charge in [-0.1, -0.05) is 30.3 Å². The van der Waals surface area contributed by atoms with Crippen molar-refractivity contribution in [2.24, 2.45) is 0 Å². The number of aliphatic hydroxyl groups is 1. The van der Waals surface area contributed by atoms with E-state index < -0.39 is 35.4 Å². The maximum atomic E-state index is 12.5. The van der Waals surface area contributed by atoms with Crippen LogP contribution >= 0.6 is 0 Å². The first kappa shape index (κ1) is 28.0. The number of sulfonamides is 1. The van der Waals surface area contributed by atoms with Crippen LogP contribution in [0.25, 0.3) is 0 Å². The van der Waals surface area contributed by atoms with Gasteiger partial charge in [0.25, 0.3) is 0 Å². The fourth-order valence-corrected chi connectivity index (χ4v) is 4.06. The summed E-state index contributed by atoms with van der Waals surface area (Å²) in [4.78, 5) is 0. The van der Waals surface area contributed by atoms with Gasteiger partial charge in [0.2, 0.25) is 10.0 Å². The Kier molecular flexibility index (Phi) is 9.18. The molecule has 0 bridgehead atoms. The van der Waals surface area contributed by atoms with Crippen LogP contribution in [0.2, 0.25) is 0 Å². The van der Waals surface area contributed by atoms with E-state index in [9.17, 15) is 36.2 Å². The number of benzene rings is 3. The Balaban J connectivity index is 1.84. The fourth-order valence-electron chi connectivity index (χ4n) is 3.50. The normalized spacial score (nSPS) is 12.7. The predicted molar refractivity (Wildman–Crippen MR) is 128 cm³/mol. The summed E-state index contributed by atoms with van der Waals surface area (Å²) in [5.74, 6) is -0.453. The second kappa shape index (κ2) is 12.1. The zero-order chi connectivity index (χ0) is 27.2. The van der Waals surface area contributed by atoms with Crippen LogP contribution in [0, 0.1) is 0 Å². The molecule has 0 fully saturated rings. The highest BCUT2D eigenvalue weighted by molar-refractivity contribution is 7.92. The average Bonchev–Trinajstić information content (AvgIpc) is 2.81. The molecule has 8 nitrogen and oxygen atoms in total. The van der Waals surface area contributed by atoms with Crippen molar-refractivity contribution in [3.63, 3.8) is 0 Å². The number of alkyl halides is 4. The molecule has 0 heterocycles. The average molecular weight is 545 g/mol. The molecule has 3 aromatic rings. The summed E-state index contributed by atoms with van der Waals surface area (Å²) in [6.45, 7) is -6.06. The number of hydrogen-bond acceptors (Lipinski definition) is 7. The van der Waals surface area contributed by atoms with Crippen LogP contribution in [0.15, 0.2) is 66.7 Å². The van der Waals surface area contributed by atoms with Crippen LogP contribution in [0.5, 0.6) is 17.2 Å². The lowest BCUT2D eigenvalue weighted by atomic mass is 9.97. The van der Waals surface area contributed by atoms with Gasteiger partial charge in [-0.15, -0.1) is 0 Å². The van der Waals surface area contributed by atoms with E-state index in [1.807, 2.05) is 0 Å². The topological polar surface area (TPSA) is 117 Å². The Labute approximate surface area is 210 Å². The SMILES string of the molecule is CS(=O)(=O)Nc1cc(C(O)CNC(c2ccc(OC(F)F)cc2)c2ccc(OC(F)F)cc2)ccc1O. The zero-order valence-electron chi connectivity index (χ0n) is 19.3. The first-order chi connectivity index (χ1) is 17.4. The first-order valence-electron chi connectivity index (χ1n) is 10.7. The first-order valence-corrected chi connectivity index (χ1v) is 12.6. The van der Waals surface area contributed by atoms with E-state index in [1.54, 1.807) is 0 Å². The number of hydrogen-bond donors (Lipinski definition) is 4. The molecule has 13 heteroatoms. The molecular formula is C24H24F4N2O6S. The van der Waals surface area contributed by atoms with Crippen molar-refractivity contribution >= 4 is 15.7 Å². The summed E-state index contributed by atoms with van der Waals surface area (Å²) in [6, 6.07) is 14.8. The number of aliphatic hydroxyl groups excluding tert-OH is 1. The largest absolute Gasteiger partial charge is 0.506 e. The van der Waals surface area contributed by atoms with Crippen LogP contribution in [-0.2, 0) is 10.0 Å². The van der Waals surface area contributed by atoms with E-state index in [0.717, 1.165) is 6.26 Å². The number of nitrogens with one attached hydrogen (secondary N) is 2. The van der Waals surface area contributed by atoms with Gasteiger partial charge in [-0.25, -0.2) is 8.42 Å². The quantitative estimate of drug-likeness (QED) is 0.198. The third-order valence-corrected chi connectivity index (χ3v) is 5.68. The standard InChI is InChI=1S/C24H24F4N2O6S/c1-37(33,34)30-19-12-16(6-11-20(19)31)21(32)13-29-22(14-2-7-17(8-3-14)35-23(25)26)15-4-9-18(10-5-15)36-24(27)28/h2-12,21-24,29-32H,13H2,1H3. The highest BCUT2D eigenvalue weighted by Gasteiger charge is 2.19. The molecule has 0 aliphatic carbocycles. The Morgan fingerprint density at radius 3 is 1.70 bits per heavy atom. The predicted octanol–water partition coefficient (Wildman–Crippen LogP) is 4.38. The molecule has 0 spiro atoms. The molecule has 0 radical (unpaired) electrons. The number of aromatic hydroxyl groups is 1. The van der Waals surface area contributed by atoms with Gasteiger partial charge in [-0.05, 0) is 53.1 Å². The van der Waals surface area contributed by atoms with Crippen molar-refractivity contribution in [1.29, 1.82) is 0 Å². The van der Waals surface area contributed by atoms with E-state index in [-0.39, 0.29) is 35.0 Å². The van der Waals surface area contributed by atoms with Gasteiger partial charge in [0.05, 0.1) is 24.1 Å². The van der Waals surface area contributed by atoms with Gasteiger partial charge in [0.1, 0.15) is 17.2 Å². The lowest BCUT2D eigenvalue weighted by Gasteiger charge is -2.23. The molecule has 3 rings (SSSR count). The maximum absolute atomic E-state index is 12.5. The highest BCUT2D eigenvalue weighted by atomic mass is 32.2. The summed E-state index contributed by atoms with van der Waals surface area (Å²) in [7, 11) is -3.68. The van der Waals surface area contributed by atoms with Crippen LogP contribution in [0.4, 0.5) is 23.2 Å². The van der Waals surface area contributed by atoms with Crippen LogP contribution in [-0.4, -0.2) is 44.7 Å². The smallest absolute Gasteiger partial charge is 0.387 e. The Hall–Kier alpha value is -3.55. The second-order valence-corrected chi connectivity index (χ2v) is 9.65. The summed E-state index contributed by atoms with van der Waals surface area (Å²) in [5.41, 5.74) is 1.35. The van der Waals surface area contributed by atoms with Gasteiger partial charge in [-0.2, -0.15) is 17.6 Å². The lowest BCUT2D eigenvalue weighted by molar-refractivity contribution is -0.0505. The lowest BCUT2D eigenvalue weighted by Crippen LogP contribution is -2.27. The zero-order valence-corrected chi connectivity index (χ0v) is 20.1. The van der Waals surface area contributed by atoms with E-state index in [2.05, 4.69) is 19.5 Å². The maximum Gasteiger partial charge on any atom is 0.387 e. The monoisotopic (exact) mass is 544 g/mol. The van der Waals surface area contributed by atoms with Gasteiger partial charge in [0, 0.05) is 6.54 Å². The van der Waals surface area contributed by atoms with Crippen LogP contribution in [0.1, 0.15) is 28.8 Å². The highest BCUT2D eigenvalue weighted by Crippen LogP contribution is 2.30. The molecular weight excluding hydrogens is 520 g/mol. The minimum atomic E-state index is -3.68. The molecule has 0 amide bonds. The molecule has 200 valence electrons. The molecule has 1 atom stereocenters. The van der Waals surface area contributed by atoms with Crippen molar-refractivity contribution in [2.45, 2.75) is 25.4 Å². The summed E-state index contributed by atoms with van der Waals surface area (Å²) >= 11 is 0. The van der Waals surface area contributed by atoms with Gasteiger partial charge in [-0.3, -0.25) is 4.72 Å². The van der Waals surface area contributed by atoms with Crippen molar-refractivity contribution in [3.05, 3.63) is 83.4 Å². The van der Waals surface area contributed by atoms with Crippen LogP contribution < -0.4 is 19.5 Å². The number of rotatable bonds is 12. The minimum absolute atomic E-state index is 0.0618. The Bertz CT molecular complexity index is 1220. The molecule has 0 saturated carbocycles. The fraction of sp³-hybridized carbons (Fsp3) is 0.250. The van der Waals surface area contributed by atoms with Crippen molar-refractivity contribution in [1.82, 2.24) is 5.32 Å². The van der Waals surface area contributed by atoms with Crippen molar-refractivity contribution < 1.29 is 45.7 Å². The van der Waals surface area contributed by atoms with Gasteiger partial charge < -0.3 is 25.0 Å². The number of ether oxygens (including phenoxy) is 2. The third kappa shape index (κ3) is 8.51. The molecule has 3 aromatic carbocycles. The Morgan fingerprint density at radius 2 is 1.27 bits per heavy atom. The molecule has 37 heavy (non-hydrogen) atoms. The minimum Gasteiger partial charge on any atom is -0.506 e. The summed E-state index contributed by atoms with van der Waals surface area (Å²) in [5, 5.41) is 23.8. The van der Waals surface area contributed by atoms with Gasteiger partial charge in [0.15, 0.2) is 0 Å². The summed E-state index contributed by atoms with van der Waals surface area (Å²) in [6.07, 6.45) is -0.247. The Morgan fingerprint density at radius 1 is 0.811 bits per heavy atom. The van der Waals surface area contributed by atoms with E-state index in [1.165, 1.54) is 66.7 Å². The van der Waals surface area contributed by atoms with E-state index >= 15 is 0 Å². The van der Waals surface area contributed by atoms with Crippen LogP contribution in [0.3, 0.4) is 0 Å². The number of anilines is 1.